The summed E-state index contributed by atoms with van der Waals surface area (Å²) in [5.41, 5.74) is 1.34. The largest absolute Gasteiger partial charge is 0.508 e. The molecule has 4 rings (SSSR count). The molecule has 0 amide bonds. The van der Waals surface area contributed by atoms with E-state index in [0.717, 1.165) is 36.9 Å². The van der Waals surface area contributed by atoms with E-state index in [-0.39, 0.29) is 0 Å². The average molecular weight is 301 g/mol. The lowest BCUT2D eigenvalue weighted by atomic mass is 9.89. The molecule has 2 heterocycles. The second-order valence-electron chi connectivity index (χ2n) is 6.06. The fourth-order valence-electron chi connectivity index (χ4n) is 3.01. The first kappa shape index (κ1) is 13.1. The second-order valence-corrected chi connectivity index (χ2v) is 6.79. The molecule has 0 atom stereocenters. The van der Waals surface area contributed by atoms with Crippen LogP contribution >= 0.6 is 11.5 Å². The van der Waals surface area contributed by atoms with Crippen molar-refractivity contribution in [3.8, 4) is 5.75 Å². The van der Waals surface area contributed by atoms with E-state index in [4.69, 9.17) is 4.98 Å². The van der Waals surface area contributed by atoms with Crippen molar-refractivity contribution < 1.29 is 5.11 Å². The predicted octanol–water partition coefficient (Wildman–Crippen LogP) is 3.51. The number of aromatic hydroxyl groups is 1. The van der Waals surface area contributed by atoms with Crippen LogP contribution in [0.2, 0.25) is 0 Å². The third-order valence-corrected chi connectivity index (χ3v) is 5.29. The van der Waals surface area contributed by atoms with Crippen molar-refractivity contribution in [3.63, 3.8) is 0 Å². The topological polar surface area (TPSA) is 49.2 Å². The van der Waals surface area contributed by atoms with Crippen molar-refractivity contribution in [1.29, 1.82) is 0 Å². The summed E-state index contributed by atoms with van der Waals surface area (Å²) in [6, 6.07) is 7.67. The molecule has 1 aliphatic heterocycles. The van der Waals surface area contributed by atoms with E-state index in [1.54, 1.807) is 23.7 Å². The first-order valence-corrected chi connectivity index (χ1v) is 8.44. The van der Waals surface area contributed by atoms with Gasteiger partial charge in [0.1, 0.15) is 11.6 Å². The van der Waals surface area contributed by atoms with Crippen LogP contribution in [0.3, 0.4) is 0 Å². The molecule has 0 unspecified atom stereocenters. The molecule has 1 aliphatic carbocycles. The Balaban J connectivity index is 1.40. The summed E-state index contributed by atoms with van der Waals surface area (Å²) >= 11 is 1.56. The summed E-state index contributed by atoms with van der Waals surface area (Å²) in [7, 11) is 0. The lowest BCUT2D eigenvalue weighted by Crippen LogP contribution is -2.32. The molecular weight excluding hydrogens is 282 g/mol. The van der Waals surface area contributed by atoms with Gasteiger partial charge in [0.15, 0.2) is 0 Å². The van der Waals surface area contributed by atoms with Crippen LogP contribution in [0.5, 0.6) is 5.75 Å². The van der Waals surface area contributed by atoms with Crippen LogP contribution in [-0.2, 0) is 0 Å². The minimum Gasteiger partial charge on any atom is -0.508 e. The number of aromatic nitrogens is 2. The van der Waals surface area contributed by atoms with Crippen LogP contribution < -0.4 is 4.90 Å². The molecule has 1 aromatic carbocycles. The van der Waals surface area contributed by atoms with Gasteiger partial charge in [0.2, 0.25) is 5.13 Å². The highest BCUT2D eigenvalue weighted by atomic mass is 32.1. The highest BCUT2D eigenvalue weighted by molar-refractivity contribution is 7.09. The molecule has 1 aromatic heterocycles. The van der Waals surface area contributed by atoms with Gasteiger partial charge in [0.25, 0.3) is 0 Å². The molecule has 1 saturated carbocycles. The van der Waals surface area contributed by atoms with E-state index >= 15 is 0 Å². The van der Waals surface area contributed by atoms with E-state index in [1.165, 1.54) is 18.4 Å². The lowest BCUT2D eigenvalue weighted by Gasteiger charge is -2.31. The van der Waals surface area contributed by atoms with Gasteiger partial charge in [-0.1, -0.05) is 12.1 Å². The van der Waals surface area contributed by atoms with Crippen LogP contribution in [0.25, 0.3) is 0 Å². The number of rotatable bonds is 3. The summed E-state index contributed by atoms with van der Waals surface area (Å²) in [4.78, 5) is 7.08. The molecule has 5 heteroatoms. The molecule has 2 aromatic rings. The summed E-state index contributed by atoms with van der Waals surface area (Å²) in [5.74, 6) is 2.65. The van der Waals surface area contributed by atoms with Crippen LogP contribution in [0.4, 0.5) is 5.13 Å². The van der Waals surface area contributed by atoms with Crippen molar-refractivity contribution in [3.05, 3.63) is 35.7 Å². The third-order valence-electron chi connectivity index (χ3n) is 4.50. The zero-order valence-corrected chi connectivity index (χ0v) is 12.7. The zero-order valence-electron chi connectivity index (χ0n) is 11.9. The van der Waals surface area contributed by atoms with Crippen molar-refractivity contribution in [2.75, 3.05) is 18.0 Å². The first-order valence-electron chi connectivity index (χ1n) is 7.67. The quantitative estimate of drug-likeness (QED) is 0.942. The van der Waals surface area contributed by atoms with E-state index in [0.29, 0.717) is 17.6 Å². The lowest BCUT2D eigenvalue weighted by molar-refractivity contribution is 0.472. The number of hydrogen-bond acceptors (Lipinski definition) is 5. The van der Waals surface area contributed by atoms with Crippen molar-refractivity contribution in [2.24, 2.45) is 0 Å². The van der Waals surface area contributed by atoms with E-state index in [2.05, 4.69) is 9.27 Å². The van der Waals surface area contributed by atoms with Gasteiger partial charge in [-0.15, -0.1) is 0 Å². The molecule has 1 N–H and O–H groups in total. The highest BCUT2D eigenvalue weighted by Gasteiger charge is 2.29. The maximum Gasteiger partial charge on any atom is 0.205 e. The normalized spacial score (nSPS) is 19.9. The van der Waals surface area contributed by atoms with Crippen LogP contribution in [0.1, 0.15) is 48.9 Å². The number of phenols is 1. The van der Waals surface area contributed by atoms with Gasteiger partial charge in [0, 0.05) is 30.5 Å². The van der Waals surface area contributed by atoms with E-state index < -0.39 is 0 Å². The monoisotopic (exact) mass is 301 g/mol. The standard InChI is InChI=1S/C16H19N3OS/c20-14-5-3-11(4-6-14)12-7-9-19(10-8-12)16-17-15(18-21-16)13-1-2-13/h3-6,12-13,20H,1-2,7-10H2. The zero-order chi connectivity index (χ0) is 14.2. The molecule has 4 nitrogen and oxygen atoms in total. The van der Waals surface area contributed by atoms with Gasteiger partial charge in [-0.25, -0.2) is 4.98 Å². The minimum atomic E-state index is 0.345. The fourth-order valence-corrected chi connectivity index (χ4v) is 3.81. The van der Waals surface area contributed by atoms with E-state index in [9.17, 15) is 5.11 Å². The molecule has 2 fully saturated rings. The van der Waals surface area contributed by atoms with Gasteiger partial charge in [0.05, 0.1) is 0 Å². The Hall–Kier alpha value is -1.62. The van der Waals surface area contributed by atoms with Gasteiger partial charge in [-0.05, 0) is 49.3 Å². The van der Waals surface area contributed by atoms with Gasteiger partial charge in [-0.3, -0.25) is 0 Å². The maximum atomic E-state index is 9.38. The van der Waals surface area contributed by atoms with Crippen LogP contribution in [-0.4, -0.2) is 27.6 Å². The average Bonchev–Trinajstić information content (AvgIpc) is 3.26. The molecular formula is C16H19N3OS. The first-order chi connectivity index (χ1) is 10.3. The Bertz CT molecular complexity index is 613. The van der Waals surface area contributed by atoms with Crippen molar-refractivity contribution in [2.45, 2.75) is 37.5 Å². The molecule has 0 bridgehead atoms. The number of anilines is 1. The van der Waals surface area contributed by atoms with Crippen LogP contribution in [0, 0.1) is 0 Å². The number of nitrogens with zero attached hydrogens (tertiary/aromatic N) is 3. The minimum absolute atomic E-state index is 0.345. The molecule has 2 aliphatic rings. The Morgan fingerprint density at radius 3 is 2.38 bits per heavy atom. The Kier molecular flexibility index (Phi) is 3.30. The number of benzene rings is 1. The summed E-state index contributed by atoms with van der Waals surface area (Å²) in [6.07, 6.45) is 4.81. The Morgan fingerprint density at radius 2 is 1.71 bits per heavy atom. The summed E-state index contributed by atoms with van der Waals surface area (Å²) < 4.78 is 4.50. The molecule has 0 spiro atoms. The van der Waals surface area contributed by atoms with E-state index in [1.807, 2.05) is 12.1 Å². The number of piperidine rings is 1. The van der Waals surface area contributed by atoms with Crippen LogP contribution in [0.15, 0.2) is 24.3 Å². The smallest absolute Gasteiger partial charge is 0.205 e. The van der Waals surface area contributed by atoms with Gasteiger partial charge >= 0.3 is 0 Å². The predicted molar refractivity (Wildman–Crippen MR) is 84.2 cm³/mol. The third kappa shape index (κ3) is 2.75. The molecule has 110 valence electrons. The Morgan fingerprint density at radius 1 is 1.00 bits per heavy atom. The molecule has 0 radical (unpaired) electrons. The summed E-state index contributed by atoms with van der Waals surface area (Å²) in [5, 5.41) is 10.5. The highest BCUT2D eigenvalue weighted by Crippen LogP contribution is 2.40. The molecule has 21 heavy (non-hydrogen) atoms. The fraction of sp³-hybridized carbons (Fsp3) is 0.500. The summed E-state index contributed by atoms with van der Waals surface area (Å²) in [6.45, 7) is 2.09. The van der Waals surface area contributed by atoms with Gasteiger partial charge < -0.3 is 10.0 Å². The maximum absolute atomic E-state index is 9.38. The van der Waals surface area contributed by atoms with Crippen molar-refractivity contribution >= 4 is 16.7 Å². The SMILES string of the molecule is Oc1ccc(C2CCN(c3nc(C4CC4)ns3)CC2)cc1. The Labute approximate surface area is 128 Å². The number of hydrogen-bond donors (Lipinski definition) is 1. The second kappa shape index (κ2) is 5.30. The van der Waals surface area contributed by atoms with Gasteiger partial charge in [-0.2, -0.15) is 4.37 Å². The molecule has 1 saturated heterocycles. The van der Waals surface area contributed by atoms with Crippen molar-refractivity contribution in [1.82, 2.24) is 9.36 Å². The number of phenolic OH excluding ortho intramolecular Hbond substituents is 1.